The normalized spacial score (nSPS) is 15.0. The van der Waals surface area contributed by atoms with Gasteiger partial charge < -0.3 is 10.2 Å². The number of likely N-dealkylation sites (N-methyl/N-ethyl adjacent to an activating group) is 1. The maximum Gasteiger partial charge on any atom is 0.163 e. The Morgan fingerprint density at radius 1 is 1.16 bits per heavy atom. The van der Waals surface area contributed by atoms with E-state index in [9.17, 15) is 8.78 Å². The highest BCUT2D eigenvalue weighted by molar-refractivity contribution is 5.22. The van der Waals surface area contributed by atoms with Gasteiger partial charge in [0.15, 0.2) is 11.6 Å². The third-order valence-corrected chi connectivity index (χ3v) is 3.51. The Kier molecular flexibility index (Phi) is 5.88. The molecule has 19 heavy (non-hydrogen) atoms. The first-order valence-electron chi connectivity index (χ1n) is 6.68. The first kappa shape index (κ1) is 16.1. The van der Waals surface area contributed by atoms with Crippen molar-refractivity contribution in [1.82, 2.24) is 10.2 Å². The van der Waals surface area contributed by atoms with E-state index in [1.165, 1.54) is 6.07 Å². The largest absolute Gasteiger partial charge is 0.309 e. The zero-order valence-electron chi connectivity index (χ0n) is 12.4. The van der Waals surface area contributed by atoms with Crippen LogP contribution >= 0.6 is 0 Å². The number of nitrogens with zero attached hydrogens (tertiary/aromatic N) is 1. The van der Waals surface area contributed by atoms with Gasteiger partial charge in [0.1, 0.15) is 0 Å². The lowest BCUT2D eigenvalue weighted by Crippen LogP contribution is -2.42. The van der Waals surface area contributed by atoms with Crippen molar-refractivity contribution in [1.29, 1.82) is 0 Å². The minimum Gasteiger partial charge on any atom is -0.309 e. The van der Waals surface area contributed by atoms with E-state index in [1.807, 2.05) is 21.0 Å². The van der Waals surface area contributed by atoms with Crippen LogP contribution < -0.4 is 5.32 Å². The second-order valence-electron chi connectivity index (χ2n) is 5.55. The molecule has 2 nitrogen and oxygen atoms in total. The van der Waals surface area contributed by atoms with E-state index in [1.54, 1.807) is 6.07 Å². The van der Waals surface area contributed by atoms with Crippen molar-refractivity contribution in [3.8, 4) is 0 Å². The zero-order valence-corrected chi connectivity index (χ0v) is 12.4. The molecule has 0 radical (unpaired) electrons. The average Bonchev–Trinajstić information content (AvgIpc) is 2.31. The Morgan fingerprint density at radius 3 is 2.32 bits per heavy atom. The van der Waals surface area contributed by atoms with Crippen LogP contribution in [0.15, 0.2) is 18.2 Å². The minimum absolute atomic E-state index is 0.211. The highest BCUT2D eigenvalue weighted by atomic mass is 19.2. The van der Waals surface area contributed by atoms with Crippen molar-refractivity contribution < 1.29 is 8.78 Å². The van der Waals surface area contributed by atoms with Gasteiger partial charge in [-0.15, -0.1) is 0 Å². The Bertz CT molecular complexity index is 397. The standard InChI is InChI=1S/C15H24F2N2/c1-10(2)14(19(4)5)9-18-11(3)12-7-6-8-13(16)15(12)17/h6-8,10-11,14,18H,9H2,1-5H3. The zero-order chi connectivity index (χ0) is 14.6. The van der Waals surface area contributed by atoms with Gasteiger partial charge in [-0.3, -0.25) is 0 Å². The van der Waals surface area contributed by atoms with Gasteiger partial charge in [-0.25, -0.2) is 8.78 Å². The Hall–Kier alpha value is -1.00. The molecule has 2 unspecified atom stereocenters. The molecule has 0 aliphatic carbocycles. The van der Waals surface area contributed by atoms with Gasteiger partial charge in [0.05, 0.1) is 0 Å². The smallest absolute Gasteiger partial charge is 0.163 e. The molecule has 0 spiro atoms. The number of rotatable bonds is 6. The number of hydrogen-bond acceptors (Lipinski definition) is 2. The Morgan fingerprint density at radius 2 is 1.79 bits per heavy atom. The van der Waals surface area contributed by atoms with Gasteiger partial charge in [0.2, 0.25) is 0 Å². The first-order chi connectivity index (χ1) is 8.84. The molecule has 108 valence electrons. The first-order valence-corrected chi connectivity index (χ1v) is 6.68. The van der Waals surface area contributed by atoms with Gasteiger partial charge in [-0.1, -0.05) is 26.0 Å². The van der Waals surface area contributed by atoms with Crippen LogP contribution in [-0.2, 0) is 0 Å². The van der Waals surface area contributed by atoms with Crippen LogP contribution in [0.2, 0.25) is 0 Å². The number of hydrogen-bond donors (Lipinski definition) is 1. The van der Waals surface area contributed by atoms with Crippen LogP contribution in [0, 0.1) is 17.6 Å². The summed E-state index contributed by atoms with van der Waals surface area (Å²) in [5.41, 5.74) is 0.376. The van der Waals surface area contributed by atoms with Crippen LogP contribution in [0.5, 0.6) is 0 Å². The maximum atomic E-state index is 13.7. The summed E-state index contributed by atoms with van der Waals surface area (Å²) in [4.78, 5) is 2.15. The van der Waals surface area contributed by atoms with E-state index < -0.39 is 11.6 Å². The van der Waals surface area contributed by atoms with Gasteiger partial charge in [-0.05, 0) is 33.0 Å². The molecule has 0 saturated heterocycles. The predicted octanol–water partition coefficient (Wildman–Crippen LogP) is 3.20. The summed E-state index contributed by atoms with van der Waals surface area (Å²) in [6, 6.07) is 4.45. The summed E-state index contributed by atoms with van der Waals surface area (Å²) in [7, 11) is 4.06. The number of halogens is 2. The van der Waals surface area contributed by atoms with Crippen molar-refractivity contribution in [2.24, 2.45) is 5.92 Å². The number of benzene rings is 1. The lowest BCUT2D eigenvalue weighted by molar-refractivity contribution is 0.219. The SMILES string of the molecule is CC(NCC(C(C)C)N(C)C)c1cccc(F)c1F. The fourth-order valence-electron chi connectivity index (χ4n) is 2.28. The van der Waals surface area contributed by atoms with Crippen LogP contribution in [-0.4, -0.2) is 31.6 Å². The van der Waals surface area contributed by atoms with Crippen LogP contribution in [0.1, 0.15) is 32.4 Å². The molecule has 4 heteroatoms. The van der Waals surface area contributed by atoms with E-state index in [-0.39, 0.29) is 6.04 Å². The van der Waals surface area contributed by atoms with E-state index in [0.717, 1.165) is 12.6 Å². The molecular weight excluding hydrogens is 246 g/mol. The molecule has 2 atom stereocenters. The van der Waals surface area contributed by atoms with E-state index >= 15 is 0 Å². The minimum atomic E-state index is -0.792. The van der Waals surface area contributed by atoms with Crippen molar-refractivity contribution in [2.75, 3.05) is 20.6 Å². The summed E-state index contributed by atoms with van der Waals surface area (Å²) in [5.74, 6) is -1.06. The molecule has 0 fully saturated rings. The van der Waals surface area contributed by atoms with E-state index in [2.05, 4.69) is 24.1 Å². The summed E-state index contributed by atoms with van der Waals surface area (Å²) in [6.45, 7) is 6.90. The van der Waals surface area contributed by atoms with E-state index in [0.29, 0.717) is 17.5 Å². The molecule has 0 saturated carbocycles. The Labute approximate surface area is 114 Å². The molecule has 0 aliphatic heterocycles. The van der Waals surface area contributed by atoms with Crippen molar-refractivity contribution >= 4 is 0 Å². The lowest BCUT2D eigenvalue weighted by Gasteiger charge is -2.29. The maximum absolute atomic E-state index is 13.7. The van der Waals surface area contributed by atoms with Crippen LogP contribution in [0.25, 0.3) is 0 Å². The average molecular weight is 270 g/mol. The summed E-state index contributed by atoms with van der Waals surface area (Å²) >= 11 is 0. The van der Waals surface area contributed by atoms with E-state index in [4.69, 9.17) is 0 Å². The highest BCUT2D eigenvalue weighted by Gasteiger charge is 2.19. The molecule has 0 aliphatic rings. The Balaban J connectivity index is 2.69. The van der Waals surface area contributed by atoms with Gasteiger partial charge >= 0.3 is 0 Å². The van der Waals surface area contributed by atoms with Crippen molar-refractivity contribution in [3.63, 3.8) is 0 Å². The molecular formula is C15H24F2N2. The predicted molar refractivity (Wildman–Crippen MR) is 75.1 cm³/mol. The lowest BCUT2D eigenvalue weighted by atomic mass is 10.0. The van der Waals surface area contributed by atoms with Crippen molar-refractivity contribution in [3.05, 3.63) is 35.4 Å². The summed E-state index contributed by atoms with van der Waals surface area (Å²) in [6.07, 6.45) is 0. The summed E-state index contributed by atoms with van der Waals surface area (Å²) in [5, 5.41) is 3.28. The monoisotopic (exact) mass is 270 g/mol. The van der Waals surface area contributed by atoms with Gasteiger partial charge in [0, 0.05) is 24.2 Å². The third-order valence-electron chi connectivity index (χ3n) is 3.51. The quantitative estimate of drug-likeness (QED) is 0.854. The molecule has 1 aromatic rings. The van der Waals surface area contributed by atoms with Gasteiger partial charge in [-0.2, -0.15) is 0 Å². The van der Waals surface area contributed by atoms with Gasteiger partial charge in [0.25, 0.3) is 0 Å². The van der Waals surface area contributed by atoms with Crippen molar-refractivity contribution in [2.45, 2.75) is 32.9 Å². The fraction of sp³-hybridized carbons (Fsp3) is 0.600. The second kappa shape index (κ2) is 6.96. The molecule has 0 amide bonds. The summed E-state index contributed by atoms with van der Waals surface area (Å²) < 4.78 is 26.9. The topological polar surface area (TPSA) is 15.3 Å². The third kappa shape index (κ3) is 4.25. The fourth-order valence-corrected chi connectivity index (χ4v) is 2.28. The molecule has 1 N–H and O–H groups in total. The number of nitrogens with one attached hydrogen (secondary N) is 1. The molecule has 0 bridgehead atoms. The molecule has 1 rings (SSSR count). The molecule has 0 aromatic heterocycles. The second-order valence-corrected chi connectivity index (χ2v) is 5.55. The van der Waals surface area contributed by atoms with Crippen LogP contribution in [0.3, 0.4) is 0 Å². The molecule has 0 heterocycles. The molecule has 1 aromatic carbocycles. The highest BCUT2D eigenvalue weighted by Crippen LogP contribution is 2.19. The van der Waals surface area contributed by atoms with Crippen LogP contribution in [0.4, 0.5) is 8.78 Å².